The second-order valence-electron chi connectivity index (χ2n) is 3.61. The van der Waals surface area contributed by atoms with E-state index in [1.165, 1.54) is 18.5 Å². The fraction of sp³-hybridized carbons (Fsp3) is 0.167. The quantitative estimate of drug-likeness (QED) is 0.908. The number of benzene rings is 1. The van der Waals surface area contributed by atoms with Gasteiger partial charge in [0, 0.05) is 5.56 Å². The topological polar surface area (TPSA) is 37.8 Å². The minimum atomic E-state index is -0.249. The summed E-state index contributed by atoms with van der Waals surface area (Å²) in [6.45, 7) is 1.84. The first kappa shape index (κ1) is 11.8. The molecular weight excluding hydrogens is 241 g/mol. The molecule has 0 saturated carbocycles. The molecule has 0 aliphatic carbocycles. The highest BCUT2D eigenvalue weighted by molar-refractivity contribution is 6.30. The van der Waals surface area contributed by atoms with Crippen molar-refractivity contribution in [3.63, 3.8) is 0 Å². The van der Waals surface area contributed by atoms with Gasteiger partial charge in [0.2, 0.25) is 5.95 Å². The van der Waals surface area contributed by atoms with Crippen molar-refractivity contribution < 1.29 is 4.39 Å². The van der Waals surface area contributed by atoms with Gasteiger partial charge in [-0.3, -0.25) is 0 Å². The molecule has 1 atom stereocenters. The number of hydrogen-bond donors (Lipinski definition) is 1. The molecule has 0 aliphatic rings. The maximum atomic E-state index is 13.5. The van der Waals surface area contributed by atoms with Crippen molar-refractivity contribution in [3.05, 3.63) is 53.1 Å². The van der Waals surface area contributed by atoms with Crippen LogP contribution in [0.25, 0.3) is 0 Å². The van der Waals surface area contributed by atoms with E-state index in [-0.39, 0.29) is 11.9 Å². The van der Waals surface area contributed by atoms with E-state index in [9.17, 15) is 4.39 Å². The Morgan fingerprint density at radius 3 is 2.53 bits per heavy atom. The molecule has 2 rings (SSSR count). The number of anilines is 1. The largest absolute Gasteiger partial charge is 0.348 e. The van der Waals surface area contributed by atoms with Gasteiger partial charge in [0.15, 0.2) is 0 Å². The fourth-order valence-corrected chi connectivity index (χ4v) is 1.58. The Bertz CT molecular complexity index is 501. The van der Waals surface area contributed by atoms with Crippen LogP contribution in [-0.4, -0.2) is 9.97 Å². The molecule has 88 valence electrons. The van der Waals surface area contributed by atoms with Gasteiger partial charge in [-0.25, -0.2) is 14.4 Å². The van der Waals surface area contributed by atoms with Crippen LogP contribution in [0.3, 0.4) is 0 Å². The van der Waals surface area contributed by atoms with E-state index in [4.69, 9.17) is 11.6 Å². The van der Waals surface area contributed by atoms with Crippen LogP contribution in [0.5, 0.6) is 0 Å². The number of nitrogens with one attached hydrogen (secondary N) is 1. The third-order valence-corrected chi connectivity index (χ3v) is 2.53. The first-order chi connectivity index (χ1) is 8.16. The summed E-state index contributed by atoms with van der Waals surface area (Å²) in [7, 11) is 0. The highest BCUT2D eigenvalue weighted by Crippen LogP contribution is 2.19. The lowest BCUT2D eigenvalue weighted by Gasteiger charge is -2.14. The molecule has 0 aliphatic heterocycles. The van der Waals surface area contributed by atoms with Crippen molar-refractivity contribution in [1.29, 1.82) is 0 Å². The summed E-state index contributed by atoms with van der Waals surface area (Å²) in [6.07, 6.45) is 2.98. The van der Waals surface area contributed by atoms with E-state index in [2.05, 4.69) is 15.3 Å². The molecule has 1 unspecified atom stereocenters. The second-order valence-corrected chi connectivity index (χ2v) is 4.05. The SMILES string of the molecule is CC(Nc1ncc(Cl)cn1)c1ccccc1F. The number of rotatable bonds is 3. The molecule has 1 heterocycles. The summed E-state index contributed by atoms with van der Waals surface area (Å²) in [6, 6.07) is 6.39. The molecule has 3 nitrogen and oxygen atoms in total. The zero-order valence-corrected chi connectivity index (χ0v) is 9.95. The van der Waals surface area contributed by atoms with Crippen molar-refractivity contribution >= 4 is 17.5 Å². The minimum Gasteiger partial charge on any atom is -0.348 e. The maximum Gasteiger partial charge on any atom is 0.223 e. The standard InChI is InChI=1S/C12H11ClFN3/c1-8(10-4-2-3-5-11(10)14)17-12-15-6-9(13)7-16-12/h2-8H,1H3,(H,15,16,17). The van der Waals surface area contributed by atoms with Crippen LogP contribution in [0.4, 0.5) is 10.3 Å². The summed E-state index contributed by atoms with van der Waals surface area (Å²) < 4.78 is 13.5. The molecular formula is C12H11ClFN3. The molecule has 0 radical (unpaired) electrons. The summed E-state index contributed by atoms with van der Waals surface area (Å²) in [5.74, 6) is 0.173. The molecule has 0 amide bonds. The van der Waals surface area contributed by atoms with Crippen LogP contribution in [0.1, 0.15) is 18.5 Å². The Hall–Kier alpha value is -1.68. The van der Waals surface area contributed by atoms with Gasteiger partial charge in [-0.2, -0.15) is 0 Å². The fourth-order valence-electron chi connectivity index (χ4n) is 1.48. The van der Waals surface area contributed by atoms with Crippen LogP contribution in [0.15, 0.2) is 36.7 Å². The normalized spacial score (nSPS) is 12.2. The molecule has 2 aromatic rings. The molecule has 1 N–H and O–H groups in total. The zero-order valence-electron chi connectivity index (χ0n) is 9.19. The first-order valence-corrected chi connectivity index (χ1v) is 5.53. The predicted molar refractivity (Wildman–Crippen MR) is 65.5 cm³/mol. The maximum absolute atomic E-state index is 13.5. The van der Waals surface area contributed by atoms with Crippen LogP contribution in [0.2, 0.25) is 5.02 Å². The van der Waals surface area contributed by atoms with Crippen LogP contribution in [0, 0.1) is 5.82 Å². The van der Waals surface area contributed by atoms with Crippen LogP contribution in [-0.2, 0) is 0 Å². The van der Waals surface area contributed by atoms with Gasteiger partial charge in [0.1, 0.15) is 5.82 Å². The number of aromatic nitrogens is 2. The van der Waals surface area contributed by atoms with Crippen molar-refractivity contribution in [2.24, 2.45) is 0 Å². The predicted octanol–water partition coefficient (Wildman–Crippen LogP) is 3.44. The summed E-state index contributed by atoms with van der Waals surface area (Å²) in [4.78, 5) is 7.99. The molecule has 0 saturated heterocycles. The Morgan fingerprint density at radius 1 is 1.24 bits per heavy atom. The average molecular weight is 252 g/mol. The summed E-state index contributed by atoms with van der Waals surface area (Å²) >= 11 is 5.68. The van der Waals surface area contributed by atoms with Crippen LogP contribution >= 0.6 is 11.6 Å². The van der Waals surface area contributed by atoms with Gasteiger partial charge < -0.3 is 5.32 Å². The van der Waals surface area contributed by atoms with Gasteiger partial charge in [0.25, 0.3) is 0 Å². The number of nitrogens with zero attached hydrogens (tertiary/aromatic N) is 2. The van der Waals surface area contributed by atoms with Gasteiger partial charge >= 0.3 is 0 Å². The lowest BCUT2D eigenvalue weighted by Crippen LogP contribution is -2.10. The average Bonchev–Trinajstić information content (AvgIpc) is 2.32. The minimum absolute atomic E-state index is 0.211. The van der Waals surface area contributed by atoms with Crippen molar-refractivity contribution in [3.8, 4) is 0 Å². The van der Waals surface area contributed by atoms with Gasteiger partial charge in [0.05, 0.1) is 23.5 Å². The van der Waals surface area contributed by atoms with E-state index in [0.29, 0.717) is 16.5 Å². The highest BCUT2D eigenvalue weighted by atomic mass is 35.5. The molecule has 17 heavy (non-hydrogen) atoms. The van der Waals surface area contributed by atoms with E-state index in [0.717, 1.165) is 0 Å². The summed E-state index contributed by atoms with van der Waals surface area (Å²) in [5.41, 5.74) is 0.575. The number of hydrogen-bond acceptors (Lipinski definition) is 3. The molecule has 0 bridgehead atoms. The molecule has 5 heteroatoms. The Balaban J connectivity index is 2.14. The highest BCUT2D eigenvalue weighted by Gasteiger charge is 2.10. The van der Waals surface area contributed by atoms with Gasteiger partial charge in [-0.1, -0.05) is 29.8 Å². The Kier molecular flexibility index (Phi) is 3.54. The molecule has 1 aromatic heterocycles. The molecule has 1 aromatic carbocycles. The lowest BCUT2D eigenvalue weighted by molar-refractivity contribution is 0.599. The monoisotopic (exact) mass is 251 g/mol. The first-order valence-electron chi connectivity index (χ1n) is 5.15. The number of halogens is 2. The van der Waals surface area contributed by atoms with E-state index < -0.39 is 0 Å². The third kappa shape index (κ3) is 2.91. The van der Waals surface area contributed by atoms with Gasteiger partial charge in [-0.05, 0) is 13.0 Å². The molecule has 0 fully saturated rings. The molecule has 0 spiro atoms. The van der Waals surface area contributed by atoms with Crippen molar-refractivity contribution in [2.75, 3.05) is 5.32 Å². The van der Waals surface area contributed by atoms with Crippen LogP contribution < -0.4 is 5.32 Å². The Labute approximate surface area is 104 Å². The lowest BCUT2D eigenvalue weighted by atomic mass is 10.1. The van der Waals surface area contributed by atoms with Gasteiger partial charge in [-0.15, -0.1) is 0 Å². The smallest absolute Gasteiger partial charge is 0.223 e. The zero-order chi connectivity index (χ0) is 12.3. The second kappa shape index (κ2) is 5.10. The van der Waals surface area contributed by atoms with Crippen molar-refractivity contribution in [2.45, 2.75) is 13.0 Å². The van der Waals surface area contributed by atoms with Crippen molar-refractivity contribution in [1.82, 2.24) is 9.97 Å². The third-order valence-electron chi connectivity index (χ3n) is 2.34. The van der Waals surface area contributed by atoms with E-state index in [1.807, 2.05) is 6.92 Å². The Morgan fingerprint density at radius 2 is 1.88 bits per heavy atom. The van der Waals surface area contributed by atoms with E-state index >= 15 is 0 Å². The summed E-state index contributed by atoms with van der Waals surface area (Å²) in [5, 5.41) is 3.47. The van der Waals surface area contributed by atoms with E-state index in [1.54, 1.807) is 18.2 Å².